The maximum atomic E-state index is 8.89. The van der Waals surface area contributed by atoms with E-state index in [2.05, 4.69) is 28.7 Å². The van der Waals surface area contributed by atoms with E-state index in [0.717, 1.165) is 5.56 Å². The van der Waals surface area contributed by atoms with Gasteiger partial charge >= 0.3 is 0 Å². The maximum Gasteiger partial charge on any atom is 0.0766 e. The lowest BCUT2D eigenvalue weighted by Gasteiger charge is -2.15. The van der Waals surface area contributed by atoms with Crippen molar-refractivity contribution in [3.8, 4) is 6.07 Å². The van der Waals surface area contributed by atoms with Crippen molar-refractivity contribution in [2.45, 2.75) is 19.3 Å². The average molecular weight is 271 g/mol. The molecule has 0 radical (unpaired) electrons. The fourth-order valence-corrected chi connectivity index (χ4v) is 1.48. The second-order valence-corrected chi connectivity index (χ2v) is 4.49. The molecule has 0 spiro atoms. The van der Waals surface area contributed by atoms with Crippen LogP contribution in [0.3, 0.4) is 0 Å². The minimum Gasteiger partial charge on any atom is -0.197 e. The van der Waals surface area contributed by atoms with Gasteiger partial charge in [0.25, 0.3) is 0 Å². The van der Waals surface area contributed by atoms with Crippen LogP contribution in [0.4, 0.5) is 0 Å². The smallest absolute Gasteiger partial charge is 0.0766 e. The normalized spacial score (nSPS) is 10.8. The Kier molecular flexibility index (Phi) is 2.73. The van der Waals surface area contributed by atoms with E-state index >= 15 is 0 Å². The monoisotopic (exact) mass is 271 g/mol. The summed E-state index contributed by atoms with van der Waals surface area (Å²) in [6, 6.07) is 10.3. The number of hydrogen-bond donors (Lipinski definition) is 0. The summed E-state index contributed by atoms with van der Waals surface area (Å²) in [4.78, 5) is 0. The molecule has 12 heavy (non-hydrogen) atoms. The summed E-state index contributed by atoms with van der Waals surface area (Å²) in [6.45, 7) is 3.86. The second-order valence-electron chi connectivity index (χ2n) is 3.25. The molecule has 0 fully saturated rings. The predicted octanol–water partition coefficient (Wildman–Crippen LogP) is 3.09. The first-order valence-electron chi connectivity index (χ1n) is 3.73. The fourth-order valence-electron chi connectivity index (χ4n) is 0.942. The number of rotatable bonds is 1. The van der Waals surface area contributed by atoms with E-state index in [1.54, 1.807) is 0 Å². The van der Waals surface area contributed by atoms with E-state index in [-0.39, 0.29) is 5.41 Å². The van der Waals surface area contributed by atoms with Crippen LogP contribution < -0.4 is 0 Å². The van der Waals surface area contributed by atoms with Crippen molar-refractivity contribution in [1.82, 2.24) is 0 Å². The van der Waals surface area contributed by atoms with Crippen LogP contribution in [0.2, 0.25) is 0 Å². The molecule has 1 nitrogen and oxygen atoms in total. The predicted molar refractivity (Wildman–Crippen MR) is 57.8 cm³/mol. The highest BCUT2D eigenvalue weighted by Crippen LogP contribution is 2.23. The summed E-state index contributed by atoms with van der Waals surface area (Å²) < 4.78 is 1.17. The Morgan fingerprint density at radius 2 is 2.08 bits per heavy atom. The molecule has 0 aliphatic carbocycles. The van der Waals surface area contributed by atoms with Gasteiger partial charge in [0.1, 0.15) is 0 Å². The maximum absolute atomic E-state index is 8.89. The summed E-state index contributed by atoms with van der Waals surface area (Å²) in [5.74, 6) is 0. The first-order valence-corrected chi connectivity index (χ1v) is 4.81. The van der Waals surface area contributed by atoms with E-state index in [1.165, 1.54) is 3.57 Å². The van der Waals surface area contributed by atoms with Crippen LogP contribution in [0, 0.1) is 14.9 Å². The van der Waals surface area contributed by atoms with Crippen molar-refractivity contribution in [2.24, 2.45) is 0 Å². The first kappa shape index (κ1) is 9.53. The van der Waals surface area contributed by atoms with E-state index in [4.69, 9.17) is 5.26 Å². The number of halogens is 1. The molecule has 0 amide bonds. The molecule has 0 aliphatic rings. The Hall–Kier alpha value is -0.560. The van der Waals surface area contributed by atoms with Crippen LogP contribution in [-0.2, 0) is 5.41 Å². The van der Waals surface area contributed by atoms with Crippen LogP contribution in [-0.4, -0.2) is 0 Å². The van der Waals surface area contributed by atoms with Crippen molar-refractivity contribution in [3.05, 3.63) is 33.4 Å². The second kappa shape index (κ2) is 3.44. The third kappa shape index (κ3) is 1.98. The molecule has 0 saturated carbocycles. The zero-order chi connectivity index (χ0) is 9.19. The van der Waals surface area contributed by atoms with Crippen molar-refractivity contribution in [3.63, 3.8) is 0 Å². The van der Waals surface area contributed by atoms with Gasteiger partial charge in [-0.25, -0.2) is 0 Å². The molecule has 0 bridgehead atoms. The number of benzene rings is 1. The summed E-state index contributed by atoms with van der Waals surface area (Å²) in [7, 11) is 0. The zero-order valence-corrected chi connectivity index (χ0v) is 9.29. The van der Waals surface area contributed by atoms with Gasteiger partial charge in [0.2, 0.25) is 0 Å². The lowest BCUT2D eigenvalue weighted by molar-refractivity contribution is 0.686. The van der Waals surface area contributed by atoms with Crippen LogP contribution in [0.5, 0.6) is 0 Å². The average Bonchev–Trinajstić information content (AvgIpc) is 2.05. The molecule has 0 N–H and O–H groups in total. The Labute approximate surface area is 86.5 Å². The van der Waals surface area contributed by atoms with E-state index in [9.17, 15) is 0 Å². The molecular weight excluding hydrogens is 261 g/mol. The topological polar surface area (TPSA) is 23.8 Å². The minimum absolute atomic E-state index is 0.374. The number of nitriles is 1. The molecule has 62 valence electrons. The molecule has 0 heterocycles. The Bertz CT molecular complexity index is 323. The van der Waals surface area contributed by atoms with E-state index < -0.39 is 0 Å². The first-order chi connectivity index (χ1) is 5.56. The molecule has 1 aromatic rings. The van der Waals surface area contributed by atoms with Crippen LogP contribution in [0.25, 0.3) is 0 Å². The Morgan fingerprint density at radius 3 is 2.58 bits per heavy atom. The summed E-state index contributed by atoms with van der Waals surface area (Å²) in [5, 5.41) is 8.89. The Morgan fingerprint density at radius 1 is 1.42 bits per heavy atom. The summed E-state index contributed by atoms with van der Waals surface area (Å²) in [6.07, 6.45) is 0. The van der Waals surface area contributed by atoms with E-state index in [0.29, 0.717) is 0 Å². The fraction of sp³-hybridized carbons (Fsp3) is 0.300. The molecule has 1 aromatic carbocycles. The van der Waals surface area contributed by atoms with E-state index in [1.807, 2.05) is 38.1 Å². The van der Waals surface area contributed by atoms with Gasteiger partial charge in [0.15, 0.2) is 0 Å². The highest BCUT2D eigenvalue weighted by molar-refractivity contribution is 14.1. The van der Waals surface area contributed by atoms with Crippen LogP contribution in [0.1, 0.15) is 19.4 Å². The third-order valence-electron chi connectivity index (χ3n) is 1.83. The lowest BCUT2D eigenvalue weighted by Crippen LogP contribution is -2.13. The van der Waals surface area contributed by atoms with Crippen LogP contribution in [0.15, 0.2) is 24.3 Å². The molecule has 1 rings (SSSR count). The molecule has 0 atom stereocenters. The molecule has 2 heteroatoms. The van der Waals surface area contributed by atoms with Gasteiger partial charge in [-0.2, -0.15) is 5.26 Å². The third-order valence-corrected chi connectivity index (χ3v) is 2.50. The number of hydrogen-bond acceptors (Lipinski definition) is 1. The standard InChI is InChI=1S/C10H10IN/c1-10(2,7-12)8-4-3-5-9(11)6-8/h3-6H,1-2H3. The number of nitrogens with zero attached hydrogens (tertiary/aromatic N) is 1. The van der Waals surface area contributed by atoms with Gasteiger partial charge < -0.3 is 0 Å². The Balaban J connectivity index is 3.14. The highest BCUT2D eigenvalue weighted by atomic mass is 127. The van der Waals surface area contributed by atoms with Gasteiger partial charge in [0, 0.05) is 3.57 Å². The molecular formula is C10H10IN. The zero-order valence-electron chi connectivity index (χ0n) is 7.13. The van der Waals surface area contributed by atoms with Gasteiger partial charge in [-0.3, -0.25) is 0 Å². The van der Waals surface area contributed by atoms with Crippen molar-refractivity contribution in [2.75, 3.05) is 0 Å². The van der Waals surface area contributed by atoms with Crippen molar-refractivity contribution in [1.29, 1.82) is 5.26 Å². The molecule has 0 unspecified atom stereocenters. The lowest BCUT2D eigenvalue weighted by atomic mass is 9.87. The summed E-state index contributed by atoms with van der Waals surface area (Å²) >= 11 is 2.25. The van der Waals surface area contributed by atoms with Gasteiger partial charge in [0.05, 0.1) is 11.5 Å². The molecule has 0 saturated heterocycles. The van der Waals surface area contributed by atoms with Gasteiger partial charge in [-0.15, -0.1) is 0 Å². The van der Waals surface area contributed by atoms with Gasteiger partial charge in [-0.1, -0.05) is 12.1 Å². The molecule has 0 aliphatic heterocycles. The van der Waals surface area contributed by atoms with Crippen molar-refractivity contribution >= 4 is 22.6 Å². The van der Waals surface area contributed by atoms with Gasteiger partial charge in [-0.05, 0) is 54.1 Å². The minimum atomic E-state index is -0.374. The molecule has 0 aromatic heterocycles. The van der Waals surface area contributed by atoms with Crippen LogP contribution >= 0.6 is 22.6 Å². The SMILES string of the molecule is CC(C)(C#N)c1cccc(I)c1. The highest BCUT2D eigenvalue weighted by Gasteiger charge is 2.19. The largest absolute Gasteiger partial charge is 0.197 e. The quantitative estimate of drug-likeness (QED) is 0.720. The summed E-state index contributed by atoms with van der Waals surface area (Å²) in [5.41, 5.74) is 0.707. The van der Waals surface area contributed by atoms with Crippen molar-refractivity contribution < 1.29 is 0 Å².